The van der Waals surface area contributed by atoms with Crippen molar-refractivity contribution in [3.05, 3.63) is 70.9 Å². The molecule has 2 aromatic carbocycles. The first kappa shape index (κ1) is 21.5. The second-order valence-corrected chi connectivity index (χ2v) is 9.12. The lowest BCUT2D eigenvalue weighted by Crippen LogP contribution is -2.15. The minimum atomic E-state index is -4.21. The molecular formula is C20H17Cl2FN4O3S. The third-order valence-corrected chi connectivity index (χ3v) is 6.55. The van der Waals surface area contributed by atoms with Gasteiger partial charge in [0.2, 0.25) is 0 Å². The number of aromatic nitrogens is 3. The Labute approximate surface area is 187 Å². The summed E-state index contributed by atoms with van der Waals surface area (Å²) in [5.41, 5.74) is 0.600. The zero-order chi connectivity index (χ0) is 22.0. The number of hydrogen-bond acceptors (Lipinski definition) is 4. The standard InChI is InChI=1S/C20H17Cl2FN4O3S/c21-14-4-5-17(20-19(14)15(22)12-24-20)26-31(28,29)18-6-3-13(11-16(18)23)30-10-2-9-27-8-1-7-25-27/h1,3-8,11-12,24,26H,2,9-10H2. The lowest BCUT2D eigenvalue weighted by atomic mass is 10.2. The second kappa shape index (κ2) is 8.78. The van der Waals surface area contributed by atoms with Crippen LogP contribution in [0.2, 0.25) is 10.0 Å². The van der Waals surface area contributed by atoms with E-state index in [0.717, 1.165) is 12.1 Å². The molecule has 7 nitrogen and oxygen atoms in total. The summed E-state index contributed by atoms with van der Waals surface area (Å²) in [5.74, 6) is -0.686. The number of aromatic amines is 1. The van der Waals surface area contributed by atoms with Gasteiger partial charge in [0.05, 0.1) is 27.9 Å². The molecule has 0 unspecified atom stereocenters. The molecule has 0 atom stereocenters. The Hall–Kier alpha value is -2.75. The molecule has 0 saturated carbocycles. The molecule has 162 valence electrons. The molecular weight excluding hydrogens is 466 g/mol. The number of aryl methyl sites for hydroxylation is 1. The molecule has 0 fully saturated rings. The zero-order valence-corrected chi connectivity index (χ0v) is 18.3. The SMILES string of the molecule is O=S(=O)(Nc1ccc(Cl)c2c(Cl)c[nH]c12)c1ccc(OCCCn2cccn2)cc1F. The third kappa shape index (κ3) is 4.63. The highest BCUT2D eigenvalue weighted by Gasteiger charge is 2.22. The summed E-state index contributed by atoms with van der Waals surface area (Å²) in [6.07, 6.45) is 5.68. The van der Waals surface area contributed by atoms with Gasteiger partial charge in [-0.3, -0.25) is 9.40 Å². The van der Waals surface area contributed by atoms with E-state index >= 15 is 0 Å². The van der Waals surface area contributed by atoms with Gasteiger partial charge >= 0.3 is 0 Å². The van der Waals surface area contributed by atoms with Gasteiger partial charge in [-0.15, -0.1) is 0 Å². The van der Waals surface area contributed by atoms with E-state index in [1.54, 1.807) is 10.9 Å². The highest BCUT2D eigenvalue weighted by molar-refractivity contribution is 7.92. The summed E-state index contributed by atoms with van der Waals surface area (Å²) in [7, 11) is -4.21. The number of halogens is 3. The van der Waals surface area contributed by atoms with Crippen LogP contribution in [0.25, 0.3) is 10.9 Å². The van der Waals surface area contributed by atoms with Crippen LogP contribution in [0.5, 0.6) is 5.75 Å². The molecule has 0 bridgehead atoms. The fraction of sp³-hybridized carbons (Fsp3) is 0.150. The van der Waals surface area contributed by atoms with Gasteiger partial charge in [0.25, 0.3) is 10.0 Å². The molecule has 2 heterocycles. The molecule has 2 aromatic heterocycles. The summed E-state index contributed by atoms with van der Waals surface area (Å²) in [6, 6.07) is 8.43. The monoisotopic (exact) mass is 482 g/mol. The Balaban J connectivity index is 1.48. The molecule has 0 saturated heterocycles. The van der Waals surface area contributed by atoms with Crippen molar-refractivity contribution in [1.29, 1.82) is 0 Å². The average Bonchev–Trinajstić information content (AvgIpc) is 3.38. The largest absolute Gasteiger partial charge is 0.493 e. The molecule has 31 heavy (non-hydrogen) atoms. The number of rotatable bonds is 8. The van der Waals surface area contributed by atoms with E-state index < -0.39 is 20.7 Å². The first-order valence-corrected chi connectivity index (χ1v) is 11.5. The fourth-order valence-corrected chi connectivity index (χ4v) is 4.78. The molecule has 0 aliphatic heterocycles. The smallest absolute Gasteiger partial charge is 0.264 e. The molecule has 4 aromatic rings. The van der Waals surface area contributed by atoms with Crippen molar-refractivity contribution < 1.29 is 17.5 Å². The maximum Gasteiger partial charge on any atom is 0.264 e. The molecule has 0 amide bonds. The predicted octanol–water partition coefficient (Wildman–Crippen LogP) is 5.08. The number of fused-ring (bicyclic) bond motifs is 1. The number of nitrogens with one attached hydrogen (secondary N) is 2. The summed E-state index contributed by atoms with van der Waals surface area (Å²) < 4.78 is 49.8. The van der Waals surface area contributed by atoms with E-state index in [1.807, 2.05) is 12.3 Å². The minimum Gasteiger partial charge on any atom is -0.493 e. The first-order chi connectivity index (χ1) is 14.8. The highest BCUT2D eigenvalue weighted by atomic mass is 35.5. The Morgan fingerprint density at radius 2 is 2.03 bits per heavy atom. The van der Waals surface area contributed by atoms with E-state index in [-0.39, 0.29) is 11.4 Å². The van der Waals surface area contributed by atoms with Crippen LogP contribution in [0.4, 0.5) is 10.1 Å². The first-order valence-electron chi connectivity index (χ1n) is 9.23. The van der Waals surface area contributed by atoms with E-state index in [9.17, 15) is 12.8 Å². The van der Waals surface area contributed by atoms with Crippen molar-refractivity contribution >= 4 is 49.8 Å². The topological polar surface area (TPSA) is 89.0 Å². The van der Waals surface area contributed by atoms with Gasteiger partial charge in [-0.2, -0.15) is 5.10 Å². The Kier molecular flexibility index (Phi) is 6.08. The van der Waals surface area contributed by atoms with Crippen LogP contribution in [-0.2, 0) is 16.6 Å². The average molecular weight is 483 g/mol. The number of ether oxygens (including phenoxy) is 1. The molecule has 4 rings (SSSR count). The van der Waals surface area contributed by atoms with Crippen LogP contribution in [0.15, 0.2) is 59.9 Å². The van der Waals surface area contributed by atoms with Gasteiger partial charge in [0, 0.05) is 43.0 Å². The predicted molar refractivity (Wildman–Crippen MR) is 118 cm³/mol. The van der Waals surface area contributed by atoms with Crippen LogP contribution in [0.3, 0.4) is 0 Å². The van der Waals surface area contributed by atoms with E-state index in [1.165, 1.54) is 24.4 Å². The number of hydrogen-bond donors (Lipinski definition) is 2. The molecule has 0 aliphatic carbocycles. The van der Waals surface area contributed by atoms with Crippen LogP contribution >= 0.6 is 23.2 Å². The van der Waals surface area contributed by atoms with E-state index in [4.69, 9.17) is 27.9 Å². The number of anilines is 1. The van der Waals surface area contributed by atoms with Gasteiger partial charge in [-0.1, -0.05) is 23.2 Å². The van der Waals surface area contributed by atoms with Gasteiger partial charge < -0.3 is 9.72 Å². The van der Waals surface area contributed by atoms with Crippen LogP contribution in [0.1, 0.15) is 6.42 Å². The normalized spacial score (nSPS) is 11.7. The van der Waals surface area contributed by atoms with Crippen molar-refractivity contribution in [3.8, 4) is 5.75 Å². The summed E-state index contributed by atoms with van der Waals surface area (Å²) in [6.45, 7) is 0.990. The number of sulfonamides is 1. The number of benzene rings is 2. The zero-order valence-electron chi connectivity index (χ0n) is 16.0. The van der Waals surface area contributed by atoms with Gasteiger partial charge in [-0.25, -0.2) is 12.8 Å². The quantitative estimate of drug-likeness (QED) is 0.342. The molecule has 0 spiro atoms. The fourth-order valence-electron chi connectivity index (χ4n) is 3.09. The molecule has 2 N–H and O–H groups in total. The van der Waals surface area contributed by atoms with Crippen LogP contribution in [-0.4, -0.2) is 29.8 Å². The summed E-state index contributed by atoms with van der Waals surface area (Å²) >= 11 is 12.2. The number of H-pyrrole nitrogens is 1. The van der Waals surface area contributed by atoms with Crippen LogP contribution < -0.4 is 9.46 Å². The highest BCUT2D eigenvalue weighted by Crippen LogP contribution is 2.35. The van der Waals surface area contributed by atoms with Crippen molar-refractivity contribution in [2.45, 2.75) is 17.9 Å². The number of nitrogens with zero attached hydrogens (tertiary/aromatic N) is 2. The van der Waals surface area contributed by atoms with E-state index in [0.29, 0.717) is 40.5 Å². The van der Waals surface area contributed by atoms with Gasteiger partial charge in [0.1, 0.15) is 16.5 Å². The lowest BCUT2D eigenvalue weighted by molar-refractivity contribution is 0.297. The third-order valence-electron chi connectivity index (χ3n) is 4.53. The molecule has 0 radical (unpaired) electrons. The van der Waals surface area contributed by atoms with Crippen molar-refractivity contribution in [2.24, 2.45) is 0 Å². The summed E-state index contributed by atoms with van der Waals surface area (Å²) in [4.78, 5) is 2.37. The van der Waals surface area contributed by atoms with Crippen molar-refractivity contribution in [1.82, 2.24) is 14.8 Å². The minimum absolute atomic E-state index is 0.199. The molecule has 0 aliphatic rings. The molecule has 11 heteroatoms. The van der Waals surface area contributed by atoms with E-state index in [2.05, 4.69) is 14.8 Å². The maximum absolute atomic E-state index is 14.6. The van der Waals surface area contributed by atoms with Gasteiger partial charge in [-0.05, 0) is 30.3 Å². The van der Waals surface area contributed by atoms with Gasteiger partial charge in [0.15, 0.2) is 0 Å². The second-order valence-electron chi connectivity index (χ2n) is 6.65. The lowest BCUT2D eigenvalue weighted by Gasteiger charge is -2.12. The van der Waals surface area contributed by atoms with Crippen molar-refractivity contribution in [2.75, 3.05) is 11.3 Å². The Morgan fingerprint density at radius 1 is 1.19 bits per heavy atom. The summed E-state index contributed by atoms with van der Waals surface area (Å²) in [5, 5.41) is 5.27. The van der Waals surface area contributed by atoms with Crippen LogP contribution in [0, 0.1) is 5.82 Å². The van der Waals surface area contributed by atoms with Crippen molar-refractivity contribution in [3.63, 3.8) is 0 Å². The Bertz CT molecular complexity index is 1320. The Morgan fingerprint density at radius 3 is 2.77 bits per heavy atom. The maximum atomic E-state index is 14.6.